The number of hydrogen-bond acceptors (Lipinski definition) is 5. The van der Waals surface area contributed by atoms with E-state index >= 15 is 0 Å². The van der Waals surface area contributed by atoms with Gasteiger partial charge >= 0.3 is 0 Å². The topological polar surface area (TPSA) is 76.0 Å². The molecule has 0 unspecified atom stereocenters. The first-order valence-corrected chi connectivity index (χ1v) is 10.3. The summed E-state index contributed by atoms with van der Waals surface area (Å²) in [5, 5.41) is 12.5. The summed E-state index contributed by atoms with van der Waals surface area (Å²) >= 11 is 0. The Bertz CT molecular complexity index is 1220. The Balaban J connectivity index is 0.000000263. The fourth-order valence-electron chi connectivity index (χ4n) is 2.82. The number of pyridine rings is 1. The summed E-state index contributed by atoms with van der Waals surface area (Å²) in [5.41, 5.74) is 1.84. The second kappa shape index (κ2) is 11.6. The van der Waals surface area contributed by atoms with Crippen molar-refractivity contribution in [2.45, 2.75) is 27.7 Å². The van der Waals surface area contributed by atoms with E-state index < -0.39 is 0 Å². The molecule has 32 heavy (non-hydrogen) atoms. The summed E-state index contributed by atoms with van der Waals surface area (Å²) < 4.78 is 0. The Kier molecular flexibility index (Phi) is 9.18. The van der Waals surface area contributed by atoms with E-state index in [0.717, 1.165) is 27.2 Å². The fraction of sp³-hybridized carbons (Fsp3) is 0.231. The van der Waals surface area contributed by atoms with Crippen molar-refractivity contribution in [1.82, 2.24) is 15.0 Å². The molecule has 2 aromatic carbocycles. The molecule has 6 heteroatoms. The quantitative estimate of drug-likeness (QED) is 0.135. The zero-order valence-electron chi connectivity index (χ0n) is 18.5. The predicted molar refractivity (Wildman–Crippen MR) is 125 cm³/mol. The van der Waals surface area contributed by atoms with Crippen LogP contribution in [0, 0.1) is 17.9 Å². The standard InChI is InChI=1S/C17H10N3.C9H16O2.Ir/c1-2-4-12(5-3-1)17-19-11-15-14-8-9-18-10-13(14)6-7-16(15)20-17;1-6(2)8(10)5-9(11)7(3)4;/h1-4,6-11H;5-7,10H,1-4H3;/q-1;;/b;8-5-;. The number of aliphatic hydroxyl groups excluding tert-OH is 1. The Labute approximate surface area is 202 Å². The van der Waals surface area contributed by atoms with Gasteiger partial charge in [0.1, 0.15) is 0 Å². The van der Waals surface area contributed by atoms with Gasteiger partial charge in [-0.2, -0.15) is 0 Å². The third-order valence-electron chi connectivity index (χ3n) is 4.78. The van der Waals surface area contributed by atoms with E-state index in [0.29, 0.717) is 5.82 Å². The van der Waals surface area contributed by atoms with Gasteiger partial charge < -0.3 is 5.11 Å². The number of allylic oxidation sites excluding steroid dienone is 2. The van der Waals surface area contributed by atoms with Gasteiger partial charge in [0, 0.05) is 67.4 Å². The summed E-state index contributed by atoms with van der Waals surface area (Å²) in [5.74, 6) is 0.861. The van der Waals surface area contributed by atoms with Crippen molar-refractivity contribution in [3.05, 3.63) is 79.0 Å². The van der Waals surface area contributed by atoms with E-state index in [1.54, 1.807) is 6.20 Å². The summed E-state index contributed by atoms with van der Waals surface area (Å²) in [7, 11) is 0. The molecule has 4 aromatic rings. The second-order valence-electron chi connectivity index (χ2n) is 7.85. The van der Waals surface area contributed by atoms with E-state index in [9.17, 15) is 9.90 Å². The van der Waals surface area contributed by atoms with Crippen molar-refractivity contribution in [2.75, 3.05) is 0 Å². The Hall–Kier alpha value is -2.95. The number of aromatic nitrogens is 3. The molecule has 5 nitrogen and oxygen atoms in total. The third-order valence-corrected chi connectivity index (χ3v) is 4.78. The maximum Gasteiger partial charge on any atom is 0.161 e. The molecular formula is C26H26IrN3O2-. The largest absolute Gasteiger partial charge is 0.512 e. The third kappa shape index (κ3) is 6.28. The first-order valence-electron chi connectivity index (χ1n) is 10.3. The van der Waals surface area contributed by atoms with Crippen LogP contribution in [0.25, 0.3) is 33.1 Å². The molecule has 0 fully saturated rings. The summed E-state index contributed by atoms with van der Waals surface area (Å²) in [6.07, 6.45) is 6.84. The van der Waals surface area contributed by atoms with Crippen LogP contribution in [0.5, 0.6) is 0 Å². The molecule has 167 valence electrons. The van der Waals surface area contributed by atoms with Crippen LogP contribution < -0.4 is 0 Å². The van der Waals surface area contributed by atoms with Crippen LogP contribution in [-0.4, -0.2) is 25.8 Å². The maximum absolute atomic E-state index is 11.0. The van der Waals surface area contributed by atoms with Crippen LogP contribution in [0.1, 0.15) is 27.7 Å². The van der Waals surface area contributed by atoms with Crippen molar-refractivity contribution >= 4 is 27.5 Å². The number of hydrogen-bond donors (Lipinski definition) is 1. The number of carbonyl (C=O) groups is 1. The van der Waals surface area contributed by atoms with Crippen molar-refractivity contribution < 1.29 is 30.0 Å². The van der Waals surface area contributed by atoms with E-state index in [-0.39, 0.29) is 43.5 Å². The minimum Gasteiger partial charge on any atom is -0.512 e. The maximum atomic E-state index is 11.0. The molecule has 2 heterocycles. The van der Waals surface area contributed by atoms with Gasteiger partial charge in [-0.05, 0) is 17.5 Å². The van der Waals surface area contributed by atoms with Gasteiger partial charge in [0.05, 0.1) is 17.1 Å². The molecule has 4 rings (SSSR count). The zero-order chi connectivity index (χ0) is 22.4. The van der Waals surface area contributed by atoms with Crippen molar-refractivity contribution in [2.24, 2.45) is 11.8 Å². The van der Waals surface area contributed by atoms with Crippen molar-refractivity contribution in [1.29, 1.82) is 0 Å². The molecule has 0 saturated heterocycles. The SMILES string of the molecule is CC(C)C(=O)/C=C(\O)C(C)C.[Ir].[c-]1ccccc1-c1ncc2c(ccc3cnccc32)n1. The van der Waals surface area contributed by atoms with Crippen molar-refractivity contribution in [3.8, 4) is 11.4 Å². The van der Waals surface area contributed by atoms with E-state index in [2.05, 4.69) is 21.0 Å². The van der Waals surface area contributed by atoms with Gasteiger partial charge in [0.15, 0.2) is 5.78 Å². The first-order chi connectivity index (χ1) is 14.9. The minimum absolute atomic E-state index is 0. The van der Waals surface area contributed by atoms with Gasteiger partial charge in [-0.25, -0.2) is 0 Å². The van der Waals surface area contributed by atoms with Crippen LogP contribution >= 0.6 is 0 Å². The molecule has 0 atom stereocenters. The van der Waals surface area contributed by atoms with E-state index in [1.807, 2.05) is 82.6 Å². The summed E-state index contributed by atoms with van der Waals surface area (Å²) in [4.78, 5) is 24.3. The Morgan fingerprint density at radius 2 is 1.78 bits per heavy atom. The predicted octanol–water partition coefficient (Wildman–Crippen LogP) is 5.95. The Morgan fingerprint density at radius 3 is 2.44 bits per heavy atom. The van der Waals surface area contributed by atoms with Gasteiger partial charge in [-0.1, -0.05) is 33.8 Å². The fourth-order valence-corrected chi connectivity index (χ4v) is 2.82. The molecule has 1 radical (unpaired) electrons. The number of fused-ring (bicyclic) bond motifs is 3. The van der Waals surface area contributed by atoms with Crippen LogP contribution in [0.4, 0.5) is 0 Å². The molecule has 0 spiro atoms. The Morgan fingerprint density at radius 1 is 1.00 bits per heavy atom. The molecule has 2 aromatic heterocycles. The number of ketones is 1. The molecule has 0 aliphatic carbocycles. The van der Waals surface area contributed by atoms with Gasteiger partial charge in [-0.15, -0.1) is 35.9 Å². The molecule has 0 amide bonds. The minimum atomic E-state index is -0.0316. The van der Waals surface area contributed by atoms with E-state index in [4.69, 9.17) is 0 Å². The number of nitrogens with zero attached hydrogens (tertiary/aromatic N) is 3. The monoisotopic (exact) mass is 605 g/mol. The van der Waals surface area contributed by atoms with Gasteiger partial charge in [-0.3, -0.25) is 19.7 Å². The number of aliphatic hydroxyl groups is 1. The van der Waals surface area contributed by atoms with Crippen LogP contribution in [-0.2, 0) is 24.9 Å². The van der Waals surface area contributed by atoms with Crippen LogP contribution in [0.15, 0.2) is 72.9 Å². The second-order valence-corrected chi connectivity index (χ2v) is 7.85. The zero-order valence-corrected chi connectivity index (χ0v) is 20.9. The molecule has 0 aliphatic rings. The van der Waals surface area contributed by atoms with Crippen molar-refractivity contribution in [3.63, 3.8) is 0 Å². The van der Waals surface area contributed by atoms with Gasteiger partial charge in [0.25, 0.3) is 0 Å². The molecule has 0 aliphatic heterocycles. The summed E-state index contributed by atoms with van der Waals surface area (Å²) in [6, 6.07) is 16.9. The first kappa shape index (κ1) is 25.3. The average Bonchev–Trinajstić information content (AvgIpc) is 2.79. The van der Waals surface area contributed by atoms with Crippen LogP contribution in [0.3, 0.4) is 0 Å². The molecule has 0 bridgehead atoms. The van der Waals surface area contributed by atoms with Crippen LogP contribution in [0.2, 0.25) is 0 Å². The number of rotatable bonds is 4. The number of benzene rings is 2. The average molecular weight is 605 g/mol. The van der Waals surface area contributed by atoms with Gasteiger partial charge in [0.2, 0.25) is 0 Å². The smallest absolute Gasteiger partial charge is 0.161 e. The summed E-state index contributed by atoms with van der Waals surface area (Å²) in [6.45, 7) is 7.32. The number of carbonyl (C=O) groups excluding carboxylic acids is 1. The normalized spacial score (nSPS) is 11.2. The molecular weight excluding hydrogens is 579 g/mol. The molecule has 1 N–H and O–H groups in total. The van der Waals surface area contributed by atoms with E-state index in [1.165, 1.54) is 6.08 Å². The molecule has 0 saturated carbocycles.